The van der Waals surface area contributed by atoms with Crippen LogP contribution in [0.2, 0.25) is 0 Å². The number of aliphatic hydroxyl groups is 1. The fourth-order valence-electron chi connectivity index (χ4n) is 4.59. The lowest BCUT2D eigenvalue weighted by atomic mass is 9.69. The zero-order valence-corrected chi connectivity index (χ0v) is 14.1. The molecule has 1 aliphatic heterocycles. The molecule has 1 aromatic heterocycles. The quantitative estimate of drug-likeness (QED) is 0.941. The number of carbonyl (C=O) groups excluding carboxylic acids is 1. The predicted octanol–water partition coefficient (Wildman–Crippen LogP) is 2.77. The monoisotopic (exact) mass is 328 g/mol. The first-order valence-corrected chi connectivity index (χ1v) is 8.94. The number of hydrogen-bond acceptors (Lipinski definition) is 4. The molecule has 5 heteroatoms. The van der Waals surface area contributed by atoms with Gasteiger partial charge < -0.3 is 14.5 Å². The number of aromatic nitrogens is 1. The van der Waals surface area contributed by atoms with Crippen molar-refractivity contribution in [3.8, 4) is 0 Å². The molecule has 4 rings (SSSR count). The number of para-hydroxylation sites is 1. The van der Waals surface area contributed by atoms with Gasteiger partial charge in [0.05, 0.1) is 12.0 Å². The molecule has 1 aromatic carbocycles. The third kappa shape index (κ3) is 2.51. The third-order valence-electron chi connectivity index (χ3n) is 6.05. The van der Waals surface area contributed by atoms with Gasteiger partial charge in [0, 0.05) is 24.4 Å². The highest BCUT2D eigenvalue weighted by Gasteiger charge is 2.48. The molecule has 2 heterocycles. The molecular weight excluding hydrogens is 304 g/mol. The standard InChI is InChI=1S/C19H24N2O3/c1-2-19(23)9-5-6-13-11-21(12-15(13)19)18(22)10-16-14-7-3-4-8-17(14)24-20-16/h3-4,7-8,13,15,23H,2,5-6,9-12H2,1H3/t13-,15+,19-/m0/s1. The van der Waals surface area contributed by atoms with E-state index in [9.17, 15) is 9.90 Å². The van der Waals surface area contributed by atoms with Crippen LogP contribution in [0.5, 0.6) is 0 Å². The van der Waals surface area contributed by atoms with Crippen LogP contribution in [0.15, 0.2) is 28.8 Å². The summed E-state index contributed by atoms with van der Waals surface area (Å²) in [5.74, 6) is 0.734. The van der Waals surface area contributed by atoms with E-state index >= 15 is 0 Å². The smallest absolute Gasteiger partial charge is 0.228 e. The Morgan fingerprint density at radius 1 is 1.42 bits per heavy atom. The van der Waals surface area contributed by atoms with Crippen LogP contribution >= 0.6 is 0 Å². The number of carbonyl (C=O) groups is 1. The van der Waals surface area contributed by atoms with E-state index in [0.717, 1.165) is 43.2 Å². The molecule has 1 saturated carbocycles. The second-order valence-electron chi connectivity index (χ2n) is 7.32. The summed E-state index contributed by atoms with van der Waals surface area (Å²) in [6.07, 6.45) is 4.07. The van der Waals surface area contributed by atoms with Crippen LogP contribution in [-0.2, 0) is 11.2 Å². The first-order chi connectivity index (χ1) is 11.6. The van der Waals surface area contributed by atoms with Crippen molar-refractivity contribution < 1.29 is 14.4 Å². The molecule has 2 aliphatic rings. The maximum absolute atomic E-state index is 12.8. The Balaban J connectivity index is 1.50. The van der Waals surface area contributed by atoms with Gasteiger partial charge in [0.15, 0.2) is 5.58 Å². The van der Waals surface area contributed by atoms with Crippen molar-refractivity contribution in [2.24, 2.45) is 11.8 Å². The normalized spacial score (nSPS) is 29.8. The molecule has 0 unspecified atom stereocenters. The van der Waals surface area contributed by atoms with Crippen molar-refractivity contribution in [3.63, 3.8) is 0 Å². The van der Waals surface area contributed by atoms with Crippen LogP contribution in [0.3, 0.4) is 0 Å². The molecular formula is C19H24N2O3. The number of benzene rings is 1. The van der Waals surface area contributed by atoms with Gasteiger partial charge in [-0.3, -0.25) is 4.79 Å². The third-order valence-corrected chi connectivity index (χ3v) is 6.05. The van der Waals surface area contributed by atoms with E-state index in [1.807, 2.05) is 36.1 Å². The molecule has 0 bridgehead atoms. The molecule has 2 fully saturated rings. The van der Waals surface area contributed by atoms with Crippen LogP contribution in [0.25, 0.3) is 11.0 Å². The van der Waals surface area contributed by atoms with Crippen molar-refractivity contribution in [1.82, 2.24) is 10.1 Å². The number of nitrogens with zero attached hydrogens (tertiary/aromatic N) is 2. The van der Waals surface area contributed by atoms with Crippen molar-refractivity contribution in [2.45, 2.75) is 44.6 Å². The summed E-state index contributed by atoms with van der Waals surface area (Å²) >= 11 is 0. The van der Waals surface area contributed by atoms with Gasteiger partial charge >= 0.3 is 0 Å². The van der Waals surface area contributed by atoms with E-state index in [1.165, 1.54) is 0 Å². The van der Waals surface area contributed by atoms with Gasteiger partial charge in [-0.2, -0.15) is 0 Å². The minimum Gasteiger partial charge on any atom is -0.390 e. The lowest BCUT2D eigenvalue weighted by molar-refractivity contribution is -0.130. The first kappa shape index (κ1) is 15.6. The summed E-state index contributed by atoms with van der Waals surface area (Å²) in [7, 11) is 0. The summed E-state index contributed by atoms with van der Waals surface area (Å²) in [4.78, 5) is 14.7. The van der Waals surface area contributed by atoms with Gasteiger partial charge in [0.25, 0.3) is 0 Å². The second kappa shape index (κ2) is 5.88. The molecule has 0 radical (unpaired) electrons. The van der Waals surface area contributed by atoms with Crippen LogP contribution < -0.4 is 0 Å². The Morgan fingerprint density at radius 3 is 3.08 bits per heavy atom. The van der Waals surface area contributed by atoms with E-state index in [1.54, 1.807) is 0 Å². The van der Waals surface area contributed by atoms with E-state index < -0.39 is 5.60 Å². The molecule has 5 nitrogen and oxygen atoms in total. The van der Waals surface area contributed by atoms with Gasteiger partial charge in [-0.15, -0.1) is 0 Å². The minimum absolute atomic E-state index is 0.0851. The summed E-state index contributed by atoms with van der Waals surface area (Å²) in [6.45, 7) is 3.49. The molecule has 1 N–H and O–H groups in total. The second-order valence-corrected chi connectivity index (χ2v) is 7.32. The zero-order chi connectivity index (χ0) is 16.7. The van der Waals surface area contributed by atoms with Crippen LogP contribution in [0.1, 0.15) is 38.3 Å². The summed E-state index contributed by atoms with van der Waals surface area (Å²) in [5.41, 5.74) is 0.824. The molecule has 1 amide bonds. The highest BCUT2D eigenvalue weighted by Crippen LogP contribution is 2.44. The fraction of sp³-hybridized carbons (Fsp3) is 0.579. The van der Waals surface area contributed by atoms with Crippen molar-refractivity contribution in [2.75, 3.05) is 13.1 Å². The number of amides is 1. The fourth-order valence-corrected chi connectivity index (χ4v) is 4.59. The average molecular weight is 328 g/mol. The predicted molar refractivity (Wildman–Crippen MR) is 90.4 cm³/mol. The van der Waals surface area contributed by atoms with Crippen molar-refractivity contribution in [3.05, 3.63) is 30.0 Å². The van der Waals surface area contributed by atoms with Crippen molar-refractivity contribution >= 4 is 16.9 Å². The number of likely N-dealkylation sites (tertiary alicyclic amines) is 1. The van der Waals surface area contributed by atoms with Gasteiger partial charge in [-0.05, 0) is 37.3 Å². The highest BCUT2D eigenvalue weighted by molar-refractivity contribution is 5.86. The molecule has 3 atom stereocenters. The van der Waals surface area contributed by atoms with Crippen LogP contribution in [0, 0.1) is 11.8 Å². The van der Waals surface area contributed by atoms with Gasteiger partial charge in [0.1, 0.15) is 5.69 Å². The Kier molecular flexibility index (Phi) is 3.83. The molecule has 128 valence electrons. The lowest BCUT2D eigenvalue weighted by Crippen LogP contribution is -2.44. The van der Waals surface area contributed by atoms with Crippen LogP contribution in [0.4, 0.5) is 0 Å². The largest absolute Gasteiger partial charge is 0.390 e. The summed E-state index contributed by atoms with van der Waals surface area (Å²) in [6, 6.07) is 7.63. The average Bonchev–Trinajstić information content (AvgIpc) is 3.21. The van der Waals surface area contributed by atoms with Gasteiger partial charge in [-0.1, -0.05) is 30.6 Å². The van der Waals surface area contributed by atoms with Crippen molar-refractivity contribution in [1.29, 1.82) is 0 Å². The first-order valence-electron chi connectivity index (χ1n) is 8.94. The molecule has 0 spiro atoms. The topological polar surface area (TPSA) is 66.6 Å². The zero-order valence-electron chi connectivity index (χ0n) is 14.1. The van der Waals surface area contributed by atoms with E-state index in [-0.39, 0.29) is 18.2 Å². The molecule has 24 heavy (non-hydrogen) atoms. The maximum Gasteiger partial charge on any atom is 0.228 e. The molecule has 2 aromatic rings. The summed E-state index contributed by atoms with van der Waals surface area (Å²) < 4.78 is 5.30. The molecule has 1 aliphatic carbocycles. The number of hydrogen-bond donors (Lipinski definition) is 1. The van der Waals surface area contributed by atoms with Crippen LogP contribution in [-0.4, -0.2) is 39.8 Å². The Bertz CT molecular complexity index is 756. The highest BCUT2D eigenvalue weighted by atomic mass is 16.5. The van der Waals surface area contributed by atoms with E-state index in [2.05, 4.69) is 5.16 Å². The Morgan fingerprint density at radius 2 is 2.25 bits per heavy atom. The lowest BCUT2D eigenvalue weighted by Gasteiger charge is -2.40. The van der Waals surface area contributed by atoms with Gasteiger partial charge in [0.2, 0.25) is 5.91 Å². The molecule has 1 saturated heterocycles. The minimum atomic E-state index is -0.599. The number of rotatable bonds is 3. The maximum atomic E-state index is 12.8. The van der Waals surface area contributed by atoms with Gasteiger partial charge in [-0.25, -0.2) is 0 Å². The summed E-state index contributed by atoms with van der Waals surface area (Å²) in [5, 5.41) is 15.9. The Hall–Kier alpha value is -1.88. The number of fused-ring (bicyclic) bond motifs is 2. The Labute approximate surface area is 141 Å². The SMILES string of the molecule is CC[C@]1(O)CCC[C@H]2CN(C(=O)Cc3noc4ccccc34)C[C@H]21. The van der Waals surface area contributed by atoms with E-state index in [4.69, 9.17) is 4.52 Å². The van der Waals surface area contributed by atoms with E-state index in [0.29, 0.717) is 18.2 Å².